The average Bonchev–Trinajstić information content (AvgIpc) is 3.22. The van der Waals surface area contributed by atoms with Gasteiger partial charge < -0.3 is 10.1 Å². The van der Waals surface area contributed by atoms with Crippen LogP contribution in [0.5, 0.6) is 0 Å². The highest BCUT2D eigenvalue weighted by atomic mass is 32.1. The summed E-state index contributed by atoms with van der Waals surface area (Å²) >= 11 is 1.84. The zero-order valence-electron chi connectivity index (χ0n) is 14.3. The Balaban J connectivity index is 1.26. The number of hydrogen-bond acceptors (Lipinski definition) is 4. The van der Waals surface area contributed by atoms with Crippen LogP contribution in [0.25, 0.3) is 0 Å². The molecule has 0 aromatic carbocycles. The van der Waals surface area contributed by atoms with Gasteiger partial charge in [-0.05, 0) is 55.9 Å². The Kier molecular flexibility index (Phi) is 4.93. The second-order valence-corrected chi connectivity index (χ2v) is 8.82. The minimum absolute atomic E-state index is 0.0364. The number of likely N-dealkylation sites (tertiary alicyclic amines) is 1. The summed E-state index contributed by atoms with van der Waals surface area (Å²) in [5.41, 5.74) is 0.0364. The number of rotatable bonds is 5. The second-order valence-electron chi connectivity index (χ2n) is 7.79. The second kappa shape index (κ2) is 7.14. The van der Waals surface area contributed by atoms with Crippen LogP contribution in [0.1, 0.15) is 49.8 Å². The van der Waals surface area contributed by atoms with E-state index in [-0.39, 0.29) is 11.5 Å². The number of amides is 1. The Morgan fingerprint density at radius 3 is 2.88 bits per heavy atom. The lowest BCUT2D eigenvalue weighted by molar-refractivity contribution is -0.136. The SMILES string of the molecule is O=C(CC1CCOC2(CCN(Cc3cccs3)CC2)C1)NC1CC1. The van der Waals surface area contributed by atoms with Crippen LogP contribution in [-0.2, 0) is 16.1 Å². The van der Waals surface area contributed by atoms with Crippen molar-refractivity contribution >= 4 is 17.2 Å². The van der Waals surface area contributed by atoms with Crippen LogP contribution >= 0.6 is 11.3 Å². The van der Waals surface area contributed by atoms with Crippen molar-refractivity contribution in [2.45, 2.75) is 63.1 Å². The van der Waals surface area contributed by atoms with Crippen LogP contribution in [0.4, 0.5) is 0 Å². The molecule has 1 aromatic heterocycles. The van der Waals surface area contributed by atoms with Gasteiger partial charge in [0, 0.05) is 43.6 Å². The topological polar surface area (TPSA) is 41.6 Å². The molecule has 1 aromatic rings. The number of hydrogen-bond donors (Lipinski definition) is 1. The third kappa shape index (κ3) is 4.19. The van der Waals surface area contributed by atoms with Crippen molar-refractivity contribution in [2.24, 2.45) is 5.92 Å². The third-order valence-corrected chi connectivity index (χ3v) is 6.60. The molecule has 24 heavy (non-hydrogen) atoms. The van der Waals surface area contributed by atoms with Gasteiger partial charge in [-0.1, -0.05) is 6.07 Å². The maximum atomic E-state index is 12.1. The van der Waals surface area contributed by atoms with Crippen LogP contribution in [-0.4, -0.2) is 42.1 Å². The number of carbonyl (C=O) groups excluding carboxylic acids is 1. The lowest BCUT2D eigenvalue weighted by Gasteiger charge is -2.46. The number of nitrogens with one attached hydrogen (secondary N) is 1. The average molecular weight is 349 g/mol. The molecule has 5 heteroatoms. The normalized spacial score (nSPS) is 27.2. The maximum Gasteiger partial charge on any atom is 0.220 e. The van der Waals surface area contributed by atoms with E-state index in [9.17, 15) is 4.79 Å². The molecule has 4 nitrogen and oxygen atoms in total. The van der Waals surface area contributed by atoms with Gasteiger partial charge in [0.1, 0.15) is 0 Å². The number of piperidine rings is 1. The molecule has 3 heterocycles. The van der Waals surface area contributed by atoms with Gasteiger partial charge in [0.05, 0.1) is 5.60 Å². The smallest absolute Gasteiger partial charge is 0.220 e. The Morgan fingerprint density at radius 1 is 1.33 bits per heavy atom. The van der Waals surface area contributed by atoms with Crippen molar-refractivity contribution in [1.29, 1.82) is 0 Å². The van der Waals surface area contributed by atoms with Gasteiger partial charge in [-0.15, -0.1) is 11.3 Å². The first kappa shape index (κ1) is 16.6. The molecule has 3 aliphatic rings. The van der Waals surface area contributed by atoms with Crippen molar-refractivity contribution in [3.05, 3.63) is 22.4 Å². The molecular weight excluding hydrogens is 320 g/mol. The zero-order chi connectivity index (χ0) is 16.4. The molecule has 1 atom stereocenters. The van der Waals surface area contributed by atoms with Crippen molar-refractivity contribution < 1.29 is 9.53 Å². The van der Waals surface area contributed by atoms with Gasteiger partial charge in [0.15, 0.2) is 0 Å². The van der Waals surface area contributed by atoms with E-state index in [1.807, 2.05) is 11.3 Å². The zero-order valence-corrected chi connectivity index (χ0v) is 15.2. The van der Waals surface area contributed by atoms with Crippen LogP contribution in [0.3, 0.4) is 0 Å². The fraction of sp³-hybridized carbons (Fsp3) is 0.737. The molecule has 0 bridgehead atoms. The molecule has 2 aliphatic heterocycles. The first-order chi connectivity index (χ1) is 11.7. The maximum absolute atomic E-state index is 12.1. The number of thiophene rings is 1. The molecule has 1 saturated carbocycles. The highest BCUT2D eigenvalue weighted by Gasteiger charge is 2.40. The molecule has 3 fully saturated rings. The Labute approximate surface area is 148 Å². The number of carbonyl (C=O) groups is 1. The molecule has 1 spiro atoms. The highest BCUT2D eigenvalue weighted by molar-refractivity contribution is 7.09. The monoisotopic (exact) mass is 348 g/mol. The summed E-state index contributed by atoms with van der Waals surface area (Å²) in [4.78, 5) is 16.1. The predicted octanol–water partition coefficient (Wildman–Crippen LogP) is 3.18. The van der Waals surface area contributed by atoms with E-state index in [1.54, 1.807) is 0 Å². The summed E-state index contributed by atoms with van der Waals surface area (Å²) < 4.78 is 6.24. The van der Waals surface area contributed by atoms with E-state index in [0.717, 1.165) is 51.9 Å². The van der Waals surface area contributed by atoms with E-state index in [1.165, 1.54) is 17.7 Å². The van der Waals surface area contributed by atoms with Gasteiger partial charge >= 0.3 is 0 Å². The van der Waals surface area contributed by atoms with Crippen molar-refractivity contribution in [3.63, 3.8) is 0 Å². The number of nitrogens with zero attached hydrogens (tertiary/aromatic N) is 1. The molecule has 0 radical (unpaired) electrons. The van der Waals surface area contributed by atoms with E-state index in [0.29, 0.717) is 18.4 Å². The van der Waals surface area contributed by atoms with Crippen LogP contribution < -0.4 is 5.32 Å². The third-order valence-electron chi connectivity index (χ3n) is 5.74. The Hall–Kier alpha value is -0.910. The summed E-state index contributed by atoms with van der Waals surface area (Å²) in [6, 6.07) is 4.83. The largest absolute Gasteiger partial charge is 0.375 e. The minimum atomic E-state index is 0.0364. The van der Waals surface area contributed by atoms with Gasteiger partial charge in [0.25, 0.3) is 0 Å². The lowest BCUT2D eigenvalue weighted by Crippen LogP contribution is -2.49. The standard InChI is InChI=1S/C19H28N2O2S/c22-18(20-16-3-4-16)12-15-5-10-23-19(13-15)6-8-21(9-7-19)14-17-2-1-11-24-17/h1-2,11,15-16H,3-10,12-14H2,(H,20,22). The molecule has 1 unspecified atom stereocenters. The Bertz CT molecular complexity index is 548. The lowest BCUT2D eigenvalue weighted by atomic mass is 9.78. The van der Waals surface area contributed by atoms with Gasteiger partial charge in [-0.3, -0.25) is 9.69 Å². The van der Waals surface area contributed by atoms with Crippen molar-refractivity contribution in [1.82, 2.24) is 10.2 Å². The molecule has 132 valence electrons. The first-order valence-electron chi connectivity index (χ1n) is 9.39. The van der Waals surface area contributed by atoms with Crippen LogP contribution in [0.2, 0.25) is 0 Å². The summed E-state index contributed by atoms with van der Waals surface area (Å²) in [6.07, 6.45) is 7.36. The fourth-order valence-electron chi connectivity index (χ4n) is 4.17. The molecular formula is C19H28N2O2S. The predicted molar refractivity (Wildman–Crippen MR) is 96.0 cm³/mol. The minimum Gasteiger partial charge on any atom is -0.375 e. The number of ether oxygens (including phenoxy) is 1. The molecule has 1 aliphatic carbocycles. The van der Waals surface area contributed by atoms with Crippen molar-refractivity contribution in [2.75, 3.05) is 19.7 Å². The van der Waals surface area contributed by atoms with Crippen molar-refractivity contribution in [3.8, 4) is 0 Å². The van der Waals surface area contributed by atoms with E-state index in [2.05, 4.69) is 27.7 Å². The van der Waals surface area contributed by atoms with Crippen LogP contribution in [0.15, 0.2) is 17.5 Å². The molecule has 1 N–H and O–H groups in total. The van der Waals surface area contributed by atoms with E-state index >= 15 is 0 Å². The Morgan fingerprint density at radius 2 is 2.17 bits per heavy atom. The fourth-order valence-corrected chi connectivity index (χ4v) is 4.92. The van der Waals surface area contributed by atoms with Gasteiger partial charge in [-0.25, -0.2) is 0 Å². The quantitative estimate of drug-likeness (QED) is 0.889. The summed E-state index contributed by atoms with van der Waals surface area (Å²) in [5.74, 6) is 0.760. The van der Waals surface area contributed by atoms with Gasteiger partial charge in [0.2, 0.25) is 5.91 Å². The molecule has 1 amide bonds. The summed E-state index contributed by atoms with van der Waals surface area (Å²) in [6.45, 7) is 4.12. The molecule has 4 rings (SSSR count). The molecule has 2 saturated heterocycles. The van der Waals surface area contributed by atoms with E-state index < -0.39 is 0 Å². The first-order valence-corrected chi connectivity index (χ1v) is 10.3. The highest BCUT2D eigenvalue weighted by Crippen LogP contribution is 2.39. The summed E-state index contributed by atoms with van der Waals surface area (Å²) in [5, 5.41) is 5.29. The van der Waals surface area contributed by atoms with E-state index in [4.69, 9.17) is 4.74 Å². The van der Waals surface area contributed by atoms with Gasteiger partial charge in [-0.2, -0.15) is 0 Å². The van der Waals surface area contributed by atoms with Crippen LogP contribution in [0, 0.1) is 5.92 Å². The summed E-state index contributed by atoms with van der Waals surface area (Å²) in [7, 11) is 0.